The standard InChI is InChI=1S/C11H22N2O2S/c16-11(14-9-12-5-1-2-6-12)15-10-13-7-3-4-8-13/h11,16H,1-10H2. The van der Waals surface area contributed by atoms with E-state index in [-0.39, 0.29) is 5.62 Å². The molecular formula is C11H22N2O2S. The molecule has 0 bridgehead atoms. The summed E-state index contributed by atoms with van der Waals surface area (Å²) in [7, 11) is 0. The zero-order chi connectivity index (χ0) is 11.2. The molecule has 2 rings (SSSR count). The summed E-state index contributed by atoms with van der Waals surface area (Å²) >= 11 is 4.28. The highest BCUT2D eigenvalue weighted by Gasteiger charge is 2.15. The van der Waals surface area contributed by atoms with Crippen LogP contribution in [0.5, 0.6) is 0 Å². The van der Waals surface area contributed by atoms with Gasteiger partial charge in [0.05, 0.1) is 0 Å². The fraction of sp³-hybridized carbons (Fsp3) is 1.00. The Morgan fingerprint density at radius 1 is 0.812 bits per heavy atom. The van der Waals surface area contributed by atoms with Crippen LogP contribution in [0, 0.1) is 0 Å². The number of nitrogens with zero attached hydrogens (tertiary/aromatic N) is 2. The van der Waals surface area contributed by atoms with Crippen molar-refractivity contribution in [1.82, 2.24) is 9.80 Å². The van der Waals surface area contributed by atoms with Gasteiger partial charge in [-0.3, -0.25) is 9.80 Å². The molecule has 16 heavy (non-hydrogen) atoms. The molecule has 2 saturated heterocycles. The average Bonchev–Trinajstić information content (AvgIpc) is 2.96. The highest BCUT2D eigenvalue weighted by molar-refractivity contribution is 7.80. The predicted molar refractivity (Wildman–Crippen MR) is 66.3 cm³/mol. The minimum atomic E-state index is -0.388. The first-order chi connectivity index (χ1) is 7.84. The van der Waals surface area contributed by atoms with Crippen molar-refractivity contribution in [3.8, 4) is 0 Å². The second-order valence-corrected chi connectivity index (χ2v) is 4.97. The van der Waals surface area contributed by atoms with Gasteiger partial charge < -0.3 is 9.47 Å². The fourth-order valence-corrected chi connectivity index (χ4v) is 2.34. The topological polar surface area (TPSA) is 24.9 Å². The molecule has 0 aromatic heterocycles. The molecule has 2 fully saturated rings. The minimum Gasteiger partial charge on any atom is -0.328 e. The molecule has 0 atom stereocenters. The van der Waals surface area contributed by atoms with Crippen molar-refractivity contribution < 1.29 is 9.47 Å². The van der Waals surface area contributed by atoms with E-state index in [0.29, 0.717) is 13.5 Å². The summed E-state index contributed by atoms with van der Waals surface area (Å²) in [5.74, 6) is 0. The minimum absolute atomic E-state index is 0.388. The number of ether oxygens (including phenoxy) is 2. The van der Waals surface area contributed by atoms with Crippen LogP contribution >= 0.6 is 12.6 Å². The molecule has 0 unspecified atom stereocenters. The summed E-state index contributed by atoms with van der Waals surface area (Å²) < 4.78 is 11.1. The molecule has 0 saturated carbocycles. The van der Waals surface area contributed by atoms with Gasteiger partial charge in [0.15, 0.2) is 0 Å². The van der Waals surface area contributed by atoms with Crippen LogP contribution in [0.25, 0.3) is 0 Å². The molecule has 4 nitrogen and oxygen atoms in total. The Bertz CT molecular complexity index is 174. The quantitative estimate of drug-likeness (QED) is 0.565. The van der Waals surface area contributed by atoms with E-state index in [0.717, 1.165) is 26.2 Å². The van der Waals surface area contributed by atoms with E-state index in [4.69, 9.17) is 9.47 Å². The Morgan fingerprint density at radius 3 is 1.56 bits per heavy atom. The van der Waals surface area contributed by atoms with Gasteiger partial charge in [-0.05, 0) is 25.7 Å². The van der Waals surface area contributed by atoms with E-state index in [1.807, 2.05) is 0 Å². The Kier molecular flexibility index (Phi) is 5.38. The summed E-state index contributed by atoms with van der Waals surface area (Å²) in [6.45, 7) is 5.88. The summed E-state index contributed by atoms with van der Waals surface area (Å²) in [6, 6.07) is 0. The van der Waals surface area contributed by atoms with Crippen molar-refractivity contribution in [3.05, 3.63) is 0 Å². The number of rotatable bonds is 6. The van der Waals surface area contributed by atoms with Crippen LogP contribution in [0.2, 0.25) is 0 Å². The molecule has 2 aliphatic rings. The van der Waals surface area contributed by atoms with Gasteiger partial charge in [0.1, 0.15) is 13.5 Å². The van der Waals surface area contributed by atoms with Crippen LogP contribution in [0.15, 0.2) is 0 Å². The second-order valence-electron chi connectivity index (χ2n) is 4.55. The Morgan fingerprint density at radius 2 is 1.19 bits per heavy atom. The molecule has 0 spiro atoms. The summed E-state index contributed by atoms with van der Waals surface area (Å²) in [5, 5.41) is 0. The maximum Gasteiger partial charge on any atom is 0.206 e. The number of hydrogen-bond donors (Lipinski definition) is 1. The van der Waals surface area contributed by atoms with Crippen LogP contribution in [0.4, 0.5) is 0 Å². The molecule has 5 heteroatoms. The van der Waals surface area contributed by atoms with E-state index >= 15 is 0 Å². The van der Waals surface area contributed by atoms with E-state index in [9.17, 15) is 0 Å². The molecule has 0 amide bonds. The normalized spacial score (nSPS) is 23.6. The lowest BCUT2D eigenvalue weighted by Gasteiger charge is -2.21. The van der Waals surface area contributed by atoms with Gasteiger partial charge in [0, 0.05) is 26.2 Å². The van der Waals surface area contributed by atoms with Crippen LogP contribution in [0.3, 0.4) is 0 Å². The van der Waals surface area contributed by atoms with Crippen molar-refractivity contribution in [2.75, 3.05) is 39.6 Å². The highest BCUT2D eigenvalue weighted by Crippen LogP contribution is 2.11. The molecule has 94 valence electrons. The fourth-order valence-electron chi connectivity index (χ4n) is 2.21. The Labute approximate surface area is 103 Å². The van der Waals surface area contributed by atoms with Gasteiger partial charge in [0.2, 0.25) is 5.62 Å². The lowest BCUT2D eigenvalue weighted by molar-refractivity contribution is -0.132. The molecule has 0 aromatic rings. The van der Waals surface area contributed by atoms with E-state index in [2.05, 4.69) is 22.4 Å². The van der Waals surface area contributed by atoms with Crippen LogP contribution < -0.4 is 0 Å². The van der Waals surface area contributed by atoms with Crippen molar-refractivity contribution in [2.24, 2.45) is 0 Å². The van der Waals surface area contributed by atoms with Gasteiger partial charge >= 0.3 is 0 Å². The zero-order valence-corrected chi connectivity index (χ0v) is 10.7. The van der Waals surface area contributed by atoms with Crippen molar-refractivity contribution >= 4 is 12.6 Å². The third-order valence-electron chi connectivity index (χ3n) is 3.20. The van der Waals surface area contributed by atoms with Gasteiger partial charge in [-0.1, -0.05) is 0 Å². The van der Waals surface area contributed by atoms with Crippen LogP contribution in [0.1, 0.15) is 25.7 Å². The Hall–Kier alpha value is 0.190. The smallest absolute Gasteiger partial charge is 0.206 e. The summed E-state index contributed by atoms with van der Waals surface area (Å²) in [4.78, 5) is 4.59. The predicted octanol–water partition coefficient (Wildman–Crippen LogP) is 1.34. The van der Waals surface area contributed by atoms with Gasteiger partial charge in [-0.15, -0.1) is 12.6 Å². The molecule has 2 heterocycles. The van der Waals surface area contributed by atoms with Crippen LogP contribution in [-0.2, 0) is 9.47 Å². The highest BCUT2D eigenvalue weighted by atomic mass is 32.1. The molecular weight excluding hydrogens is 224 g/mol. The number of likely N-dealkylation sites (tertiary alicyclic amines) is 2. The molecule has 0 N–H and O–H groups in total. The SMILES string of the molecule is SC(OCN1CCCC1)OCN1CCCC1. The number of thiol groups is 1. The van der Waals surface area contributed by atoms with E-state index in [1.54, 1.807) is 0 Å². The van der Waals surface area contributed by atoms with E-state index in [1.165, 1.54) is 25.7 Å². The monoisotopic (exact) mass is 246 g/mol. The van der Waals surface area contributed by atoms with Crippen molar-refractivity contribution in [3.63, 3.8) is 0 Å². The molecule has 0 aliphatic carbocycles. The van der Waals surface area contributed by atoms with Gasteiger partial charge in [-0.2, -0.15) is 0 Å². The lowest BCUT2D eigenvalue weighted by Crippen LogP contribution is -2.29. The third-order valence-corrected chi connectivity index (χ3v) is 3.49. The van der Waals surface area contributed by atoms with Crippen LogP contribution in [-0.4, -0.2) is 55.1 Å². The third kappa shape index (κ3) is 4.22. The molecule has 0 aromatic carbocycles. The second kappa shape index (κ2) is 6.81. The maximum atomic E-state index is 5.53. The molecule has 2 aliphatic heterocycles. The van der Waals surface area contributed by atoms with Gasteiger partial charge in [-0.25, -0.2) is 0 Å². The lowest BCUT2D eigenvalue weighted by atomic mass is 10.4. The van der Waals surface area contributed by atoms with E-state index < -0.39 is 0 Å². The van der Waals surface area contributed by atoms with Gasteiger partial charge in [0.25, 0.3) is 0 Å². The zero-order valence-electron chi connectivity index (χ0n) is 9.81. The average molecular weight is 246 g/mol. The first kappa shape index (κ1) is 12.6. The van der Waals surface area contributed by atoms with Crippen molar-refractivity contribution in [1.29, 1.82) is 0 Å². The summed E-state index contributed by atoms with van der Waals surface area (Å²) in [5.41, 5.74) is -0.388. The van der Waals surface area contributed by atoms with Crippen molar-refractivity contribution in [2.45, 2.75) is 31.3 Å². The summed E-state index contributed by atoms with van der Waals surface area (Å²) in [6.07, 6.45) is 5.15. The first-order valence-corrected chi connectivity index (χ1v) is 6.72. The maximum absolute atomic E-state index is 5.53. The largest absolute Gasteiger partial charge is 0.328 e. The molecule has 0 radical (unpaired) electrons. The first-order valence-electron chi connectivity index (χ1n) is 6.20. The number of hydrogen-bond acceptors (Lipinski definition) is 5. The Balaban J connectivity index is 1.51.